The molecule has 1 rings (SSSR count). The van der Waals surface area contributed by atoms with Gasteiger partial charge in [-0.25, -0.2) is 0 Å². The highest BCUT2D eigenvalue weighted by molar-refractivity contribution is 6.59. The number of benzene rings is 1. The minimum atomic E-state index is -1.53. The monoisotopic (exact) mass is 224 g/mol. The van der Waals surface area contributed by atoms with E-state index in [9.17, 15) is 0 Å². The van der Waals surface area contributed by atoms with E-state index in [2.05, 4.69) is 13.8 Å². The lowest BCUT2D eigenvalue weighted by Crippen LogP contribution is -2.31. The van der Waals surface area contributed by atoms with Crippen LogP contribution in [0.5, 0.6) is 5.75 Å². The molecule has 0 heterocycles. The average Bonchev–Trinajstić information content (AvgIpc) is 2.25. The lowest BCUT2D eigenvalue weighted by Gasteiger charge is -2.13. The molecule has 0 aliphatic rings. The third kappa shape index (κ3) is 3.23. The van der Waals surface area contributed by atoms with Crippen molar-refractivity contribution in [3.8, 4) is 5.75 Å². The molecule has 0 aliphatic heterocycles. The SMILES string of the molecule is COCOc1cc(C(C)C)ccc1B(O)O. The van der Waals surface area contributed by atoms with E-state index in [0.717, 1.165) is 5.56 Å². The van der Waals surface area contributed by atoms with E-state index in [1.807, 2.05) is 6.07 Å². The number of methoxy groups -OCH3 is 1. The van der Waals surface area contributed by atoms with Gasteiger partial charge in [0.1, 0.15) is 5.75 Å². The summed E-state index contributed by atoms with van der Waals surface area (Å²) in [6, 6.07) is 5.32. The maximum Gasteiger partial charge on any atom is 0.492 e. The van der Waals surface area contributed by atoms with Crippen molar-refractivity contribution in [3.05, 3.63) is 23.8 Å². The van der Waals surface area contributed by atoms with Crippen LogP contribution in [0.3, 0.4) is 0 Å². The Morgan fingerprint density at radius 3 is 2.50 bits per heavy atom. The van der Waals surface area contributed by atoms with Gasteiger partial charge in [-0.3, -0.25) is 0 Å². The highest BCUT2D eigenvalue weighted by Crippen LogP contribution is 2.19. The molecule has 0 aromatic heterocycles. The number of hydrogen-bond donors (Lipinski definition) is 2. The molecular formula is C11H17BO4. The molecule has 16 heavy (non-hydrogen) atoms. The van der Waals surface area contributed by atoms with Crippen LogP contribution in [-0.4, -0.2) is 31.1 Å². The van der Waals surface area contributed by atoms with Gasteiger partial charge in [-0.2, -0.15) is 0 Å². The zero-order chi connectivity index (χ0) is 12.1. The van der Waals surface area contributed by atoms with Gasteiger partial charge in [-0.05, 0) is 17.5 Å². The topological polar surface area (TPSA) is 58.9 Å². The molecular weight excluding hydrogens is 207 g/mol. The van der Waals surface area contributed by atoms with Crippen molar-refractivity contribution >= 4 is 12.6 Å². The van der Waals surface area contributed by atoms with Gasteiger partial charge >= 0.3 is 7.12 Å². The van der Waals surface area contributed by atoms with Crippen molar-refractivity contribution in [1.82, 2.24) is 0 Å². The smallest absolute Gasteiger partial charge is 0.468 e. The summed E-state index contributed by atoms with van der Waals surface area (Å²) in [5, 5.41) is 18.3. The van der Waals surface area contributed by atoms with Crippen molar-refractivity contribution in [2.75, 3.05) is 13.9 Å². The van der Waals surface area contributed by atoms with Crippen molar-refractivity contribution < 1.29 is 19.5 Å². The molecule has 0 saturated heterocycles. The summed E-state index contributed by atoms with van der Waals surface area (Å²) < 4.78 is 10.1. The average molecular weight is 224 g/mol. The second kappa shape index (κ2) is 5.89. The molecule has 0 aliphatic carbocycles. The standard InChI is InChI=1S/C11H17BO4/c1-8(2)9-4-5-10(12(13)14)11(6-9)16-7-15-3/h4-6,8,13-14H,7H2,1-3H3. The fraction of sp³-hybridized carbons (Fsp3) is 0.455. The van der Waals surface area contributed by atoms with Gasteiger partial charge in [0.15, 0.2) is 6.79 Å². The van der Waals surface area contributed by atoms with Crippen LogP contribution >= 0.6 is 0 Å². The Labute approximate surface area is 96.0 Å². The first kappa shape index (κ1) is 13.0. The number of rotatable bonds is 5. The van der Waals surface area contributed by atoms with Crippen molar-refractivity contribution in [2.45, 2.75) is 19.8 Å². The Hall–Kier alpha value is -1.04. The van der Waals surface area contributed by atoms with Gasteiger partial charge in [-0.15, -0.1) is 0 Å². The molecule has 0 saturated carbocycles. The molecule has 4 nitrogen and oxygen atoms in total. The molecule has 5 heteroatoms. The number of hydrogen-bond acceptors (Lipinski definition) is 4. The predicted molar refractivity (Wildman–Crippen MR) is 62.9 cm³/mol. The molecule has 0 radical (unpaired) electrons. The lowest BCUT2D eigenvalue weighted by atomic mass is 9.78. The summed E-state index contributed by atoms with van der Waals surface area (Å²) in [5.74, 6) is 0.804. The Kier molecular flexibility index (Phi) is 4.80. The van der Waals surface area contributed by atoms with E-state index >= 15 is 0 Å². The Morgan fingerprint density at radius 2 is 2.00 bits per heavy atom. The zero-order valence-electron chi connectivity index (χ0n) is 9.80. The van der Waals surface area contributed by atoms with Crippen LogP contribution in [0.25, 0.3) is 0 Å². The second-order valence-corrected chi connectivity index (χ2v) is 3.88. The maximum absolute atomic E-state index is 9.17. The Bertz CT molecular complexity index is 339. The predicted octanol–water partition coefficient (Wildman–Crippen LogP) is 0.472. The highest BCUT2D eigenvalue weighted by Gasteiger charge is 2.18. The summed E-state index contributed by atoms with van der Waals surface area (Å²) in [6.07, 6.45) is 0. The molecule has 0 unspecified atom stereocenters. The van der Waals surface area contributed by atoms with Gasteiger partial charge in [0.2, 0.25) is 0 Å². The third-order valence-electron chi connectivity index (χ3n) is 2.31. The summed E-state index contributed by atoms with van der Waals surface area (Å²) >= 11 is 0. The molecule has 1 aromatic carbocycles. The Morgan fingerprint density at radius 1 is 1.31 bits per heavy atom. The quantitative estimate of drug-likeness (QED) is 0.563. The summed E-state index contributed by atoms with van der Waals surface area (Å²) in [4.78, 5) is 0. The normalized spacial score (nSPS) is 10.6. The fourth-order valence-corrected chi connectivity index (χ4v) is 1.37. The van der Waals surface area contributed by atoms with E-state index < -0.39 is 7.12 Å². The van der Waals surface area contributed by atoms with Crippen molar-refractivity contribution in [2.24, 2.45) is 0 Å². The lowest BCUT2D eigenvalue weighted by molar-refractivity contribution is 0.0516. The maximum atomic E-state index is 9.17. The number of ether oxygens (including phenoxy) is 2. The van der Waals surface area contributed by atoms with Gasteiger partial charge in [0, 0.05) is 12.6 Å². The van der Waals surface area contributed by atoms with Crippen LogP contribution in [0.15, 0.2) is 18.2 Å². The second-order valence-electron chi connectivity index (χ2n) is 3.88. The van der Waals surface area contributed by atoms with E-state index in [1.54, 1.807) is 12.1 Å². The van der Waals surface area contributed by atoms with Crippen LogP contribution < -0.4 is 10.2 Å². The summed E-state index contributed by atoms with van der Waals surface area (Å²) in [6.45, 7) is 4.20. The Balaban J connectivity index is 3.01. The van der Waals surface area contributed by atoms with Gasteiger partial charge in [-0.1, -0.05) is 26.0 Å². The van der Waals surface area contributed by atoms with E-state index in [4.69, 9.17) is 19.5 Å². The minimum absolute atomic E-state index is 0.0846. The van der Waals surface area contributed by atoms with Crippen LogP contribution in [0.1, 0.15) is 25.3 Å². The van der Waals surface area contributed by atoms with Crippen LogP contribution in [-0.2, 0) is 4.74 Å². The first-order valence-corrected chi connectivity index (χ1v) is 5.18. The van der Waals surface area contributed by atoms with Crippen LogP contribution in [0.2, 0.25) is 0 Å². The molecule has 88 valence electrons. The first-order chi connectivity index (χ1) is 7.56. The van der Waals surface area contributed by atoms with Crippen molar-refractivity contribution in [3.63, 3.8) is 0 Å². The van der Waals surface area contributed by atoms with E-state index in [0.29, 0.717) is 17.1 Å². The molecule has 0 fully saturated rings. The molecule has 0 spiro atoms. The molecule has 0 atom stereocenters. The zero-order valence-corrected chi connectivity index (χ0v) is 9.80. The van der Waals surface area contributed by atoms with E-state index in [-0.39, 0.29) is 6.79 Å². The highest BCUT2D eigenvalue weighted by atomic mass is 16.7. The largest absolute Gasteiger partial charge is 0.492 e. The molecule has 0 bridgehead atoms. The summed E-state index contributed by atoms with van der Waals surface area (Å²) in [5.41, 5.74) is 1.43. The molecule has 2 N–H and O–H groups in total. The minimum Gasteiger partial charge on any atom is -0.468 e. The van der Waals surface area contributed by atoms with Crippen LogP contribution in [0, 0.1) is 0 Å². The van der Waals surface area contributed by atoms with Crippen LogP contribution in [0.4, 0.5) is 0 Å². The summed E-state index contributed by atoms with van der Waals surface area (Å²) in [7, 11) is -0.0190. The van der Waals surface area contributed by atoms with Gasteiger partial charge in [0.25, 0.3) is 0 Å². The molecule has 1 aromatic rings. The molecule has 0 amide bonds. The fourth-order valence-electron chi connectivity index (χ4n) is 1.37. The first-order valence-electron chi connectivity index (χ1n) is 5.18. The van der Waals surface area contributed by atoms with E-state index in [1.165, 1.54) is 7.11 Å². The van der Waals surface area contributed by atoms with Crippen molar-refractivity contribution in [1.29, 1.82) is 0 Å². The van der Waals surface area contributed by atoms with Gasteiger partial charge in [0.05, 0.1) is 0 Å². The third-order valence-corrected chi connectivity index (χ3v) is 2.31. The van der Waals surface area contributed by atoms with Gasteiger partial charge < -0.3 is 19.5 Å².